The first-order valence-corrected chi connectivity index (χ1v) is 13.5. The molecule has 1 aromatic heterocycles. The number of aryl methyl sites for hydroxylation is 1. The Hall–Kier alpha value is -2.85. The third kappa shape index (κ3) is 5.54. The van der Waals surface area contributed by atoms with Crippen LogP contribution in [0.15, 0.2) is 60.7 Å². The molecule has 184 valence electrons. The van der Waals surface area contributed by atoms with Crippen LogP contribution in [-0.2, 0) is 12.8 Å². The molecule has 1 aliphatic heterocycles. The minimum absolute atomic E-state index is 0.0229. The molecular weight excluding hydrogens is 430 g/mol. The average Bonchev–Trinajstić information content (AvgIpc) is 3.26. The van der Waals surface area contributed by atoms with Crippen molar-refractivity contribution in [2.45, 2.75) is 52.4 Å². The molecule has 3 aromatic rings. The Labute approximate surface area is 210 Å². The predicted molar refractivity (Wildman–Crippen MR) is 144 cm³/mol. The number of carbonyl (C=O) groups excluding carboxylic acids is 1. The van der Waals surface area contributed by atoms with Gasteiger partial charge in [-0.1, -0.05) is 44.2 Å². The lowest BCUT2D eigenvalue weighted by molar-refractivity contribution is 0.0947. The van der Waals surface area contributed by atoms with E-state index >= 15 is 0 Å². The molecule has 0 radical (unpaired) electrons. The third-order valence-corrected chi connectivity index (χ3v) is 7.64. The second-order valence-corrected chi connectivity index (χ2v) is 10.8. The van der Waals surface area contributed by atoms with Crippen molar-refractivity contribution in [2.75, 3.05) is 26.2 Å². The SMILES string of the molecule is CC1CC(C)CN(CCCNC(=O)c2ccc(-n3c(-c4ccccc4)cc4c3CCCC4)cc2)C1. The van der Waals surface area contributed by atoms with Gasteiger partial charge < -0.3 is 14.8 Å². The average molecular weight is 470 g/mol. The summed E-state index contributed by atoms with van der Waals surface area (Å²) in [5.74, 6) is 1.58. The predicted octanol–water partition coefficient (Wildman–Crippen LogP) is 6.12. The molecular formula is C31H39N3O. The Balaban J connectivity index is 1.25. The van der Waals surface area contributed by atoms with Crippen LogP contribution in [0.4, 0.5) is 0 Å². The Morgan fingerprint density at radius 1 is 0.943 bits per heavy atom. The lowest BCUT2D eigenvalue weighted by Crippen LogP contribution is -2.40. The third-order valence-electron chi connectivity index (χ3n) is 7.64. The molecule has 2 aromatic carbocycles. The molecule has 1 aliphatic carbocycles. The van der Waals surface area contributed by atoms with Crippen LogP contribution < -0.4 is 5.32 Å². The minimum atomic E-state index is 0.0229. The summed E-state index contributed by atoms with van der Waals surface area (Å²) >= 11 is 0. The van der Waals surface area contributed by atoms with E-state index < -0.39 is 0 Å². The van der Waals surface area contributed by atoms with Gasteiger partial charge in [0.2, 0.25) is 0 Å². The van der Waals surface area contributed by atoms with Gasteiger partial charge in [0.15, 0.2) is 0 Å². The molecule has 35 heavy (non-hydrogen) atoms. The van der Waals surface area contributed by atoms with Gasteiger partial charge in [0.1, 0.15) is 0 Å². The van der Waals surface area contributed by atoms with Crippen LogP contribution in [0.1, 0.15) is 61.1 Å². The lowest BCUT2D eigenvalue weighted by atomic mass is 9.92. The fraction of sp³-hybridized carbons (Fsp3) is 0.452. The number of carbonyl (C=O) groups is 1. The van der Waals surface area contributed by atoms with Crippen LogP contribution >= 0.6 is 0 Å². The summed E-state index contributed by atoms with van der Waals surface area (Å²) in [6.07, 6.45) is 7.10. The fourth-order valence-electron chi connectivity index (χ4n) is 6.16. The fourth-order valence-corrected chi connectivity index (χ4v) is 6.16. The van der Waals surface area contributed by atoms with Gasteiger partial charge in [-0.05, 0) is 98.4 Å². The smallest absolute Gasteiger partial charge is 0.251 e. The Kier molecular flexibility index (Phi) is 7.38. The van der Waals surface area contributed by atoms with Crippen LogP contribution in [0.2, 0.25) is 0 Å². The summed E-state index contributed by atoms with van der Waals surface area (Å²) in [5, 5.41) is 3.13. The maximum absolute atomic E-state index is 12.8. The van der Waals surface area contributed by atoms with Crippen molar-refractivity contribution in [3.05, 3.63) is 77.5 Å². The number of amides is 1. The minimum Gasteiger partial charge on any atom is -0.352 e. The van der Waals surface area contributed by atoms with Crippen molar-refractivity contribution in [1.82, 2.24) is 14.8 Å². The van der Waals surface area contributed by atoms with E-state index in [0.717, 1.165) is 55.4 Å². The molecule has 2 atom stereocenters. The molecule has 4 heteroatoms. The summed E-state index contributed by atoms with van der Waals surface area (Å²) in [4.78, 5) is 15.3. The number of hydrogen-bond donors (Lipinski definition) is 1. The number of aromatic nitrogens is 1. The molecule has 2 unspecified atom stereocenters. The second kappa shape index (κ2) is 10.8. The summed E-state index contributed by atoms with van der Waals surface area (Å²) in [7, 11) is 0. The summed E-state index contributed by atoms with van der Waals surface area (Å²) < 4.78 is 2.41. The normalized spacial score (nSPS) is 20.4. The van der Waals surface area contributed by atoms with Gasteiger partial charge in [0, 0.05) is 36.6 Å². The number of nitrogens with zero attached hydrogens (tertiary/aromatic N) is 2. The van der Waals surface area contributed by atoms with Crippen LogP contribution in [-0.4, -0.2) is 41.6 Å². The topological polar surface area (TPSA) is 37.3 Å². The molecule has 1 fully saturated rings. The van der Waals surface area contributed by atoms with Crippen molar-refractivity contribution in [1.29, 1.82) is 0 Å². The first-order valence-electron chi connectivity index (χ1n) is 13.5. The van der Waals surface area contributed by atoms with E-state index in [1.54, 1.807) is 0 Å². The lowest BCUT2D eigenvalue weighted by Gasteiger charge is -2.34. The molecule has 2 heterocycles. The van der Waals surface area contributed by atoms with Crippen molar-refractivity contribution in [3.63, 3.8) is 0 Å². The van der Waals surface area contributed by atoms with E-state index in [-0.39, 0.29) is 5.91 Å². The highest BCUT2D eigenvalue weighted by Crippen LogP contribution is 2.34. The van der Waals surface area contributed by atoms with Crippen LogP contribution in [0, 0.1) is 11.8 Å². The van der Waals surface area contributed by atoms with Gasteiger partial charge in [-0.2, -0.15) is 0 Å². The molecule has 0 spiro atoms. The van der Waals surface area contributed by atoms with Gasteiger partial charge in [0.25, 0.3) is 5.91 Å². The zero-order valence-electron chi connectivity index (χ0n) is 21.3. The maximum atomic E-state index is 12.8. The molecule has 1 saturated heterocycles. The van der Waals surface area contributed by atoms with Crippen molar-refractivity contribution in [3.8, 4) is 16.9 Å². The van der Waals surface area contributed by atoms with E-state index in [4.69, 9.17) is 0 Å². The largest absolute Gasteiger partial charge is 0.352 e. The summed E-state index contributed by atoms with van der Waals surface area (Å²) in [5.41, 5.74) is 7.24. The Bertz CT molecular complexity index is 1120. The van der Waals surface area contributed by atoms with Crippen molar-refractivity contribution in [2.24, 2.45) is 11.8 Å². The van der Waals surface area contributed by atoms with Gasteiger partial charge in [-0.3, -0.25) is 4.79 Å². The summed E-state index contributed by atoms with van der Waals surface area (Å²) in [6, 6.07) is 21.2. The number of rotatable bonds is 7. The quantitative estimate of drug-likeness (QED) is 0.423. The maximum Gasteiger partial charge on any atom is 0.251 e. The zero-order chi connectivity index (χ0) is 24.2. The number of likely N-dealkylation sites (tertiary alicyclic amines) is 1. The van der Waals surface area contributed by atoms with Crippen molar-refractivity contribution >= 4 is 5.91 Å². The van der Waals surface area contributed by atoms with E-state index in [1.807, 2.05) is 12.1 Å². The Morgan fingerprint density at radius 3 is 2.40 bits per heavy atom. The van der Waals surface area contributed by atoms with E-state index in [0.29, 0.717) is 0 Å². The molecule has 2 aliphatic rings. The molecule has 5 rings (SSSR count). The first kappa shape index (κ1) is 23.9. The van der Waals surface area contributed by atoms with Gasteiger partial charge in [-0.25, -0.2) is 0 Å². The molecule has 0 saturated carbocycles. The number of nitrogens with one attached hydrogen (secondary N) is 1. The molecule has 1 amide bonds. The van der Waals surface area contributed by atoms with Crippen LogP contribution in [0.5, 0.6) is 0 Å². The van der Waals surface area contributed by atoms with E-state index in [1.165, 1.54) is 54.9 Å². The highest BCUT2D eigenvalue weighted by atomic mass is 16.1. The van der Waals surface area contributed by atoms with Gasteiger partial charge in [0.05, 0.1) is 5.69 Å². The van der Waals surface area contributed by atoms with Gasteiger partial charge in [-0.15, -0.1) is 0 Å². The van der Waals surface area contributed by atoms with Crippen LogP contribution in [0.25, 0.3) is 16.9 Å². The number of benzene rings is 2. The summed E-state index contributed by atoms with van der Waals surface area (Å²) in [6.45, 7) is 8.86. The van der Waals surface area contributed by atoms with Gasteiger partial charge >= 0.3 is 0 Å². The number of piperidine rings is 1. The van der Waals surface area contributed by atoms with E-state index in [9.17, 15) is 4.79 Å². The number of fused-ring (bicyclic) bond motifs is 1. The molecule has 4 nitrogen and oxygen atoms in total. The molecule has 0 bridgehead atoms. The van der Waals surface area contributed by atoms with E-state index in [2.05, 4.69) is 77.2 Å². The van der Waals surface area contributed by atoms with Crippen molar-refractivity contribution < 1.29 is 4.79 Å². The standard InChI is InChI=1S/C31H39N3O/c1-23-19-24(2)22-33(21-23)18-8-17-32-31(35)26-13-15-28(16-14-26)34-29-12-7-6-11-27(29)20-30(34)25-9-4-3-5-10-25/h3-5,9-10,13-16,20,23-24H,6-8,11-12,17-19,21-22H2,1-2H3,(H,32,35). The van der Waals surface area contributed by atoms with Crippen LogP contribution in [0.3, 0.4) is 0 Å². The number of hydrogen-bond acceptors (Lipinski definition) is 2. The molecule has 1 N–H and O–H groups in total. The monoisotopic (exact) mass is 469 g/mol. The Morgan fingerprint density at radius 2 is 1.66 bits per heavy atom. The first-order chi connectivity index (χ1) is 17.1. The second-order valence-electron chi connectivity index (χ2n) is 10.8. The highest BCUT2D eigenvalue weighted by Gasteiger charge is 2.22. The highest BCUT2D eigenvalue weighted by molar-refractivity contribution is 5.94. The zero-order valence-corrected chi connectivity index (χ0v) is 21.3.